The minimum absolute atomic E-state index is 0.218. The number of halogens is 3. The molecule has 1 N–H and O–H groups in total. The normalized spacial score (nSPS) is 21.2. The molecule has 1 aromatic carbocycles. The molecule has 0 aliphatic heterocycles. The molecule has 0 aromatic heterocycles. The molecule has 104 valence electrons. The Labute approximate surface area is 118 Å². The van der Waals surface area contributed by atoms with Gasteiger partial charge in [0.05, 0.1) is 12.8 Å². The zero-order valence-corrected chi connectivity index (χ0v) is 12.0. The van der Waals surface area contributed by atoms with Crippen molar-refractivity contribution in [3.05, 3.63) is 22.7 Å². The molecule has 6 heteroatoms. The lowest BCUT2D eigenvalue weighted by atomic mass is 10.1. The number of nitrogens with one attached hydrogen (secondary N) is 1. The van der Waals surface area contributed by atoms with Crippen molar-refractivity contribution < 1.29 is 18.3 Å². The van der Waals surface area contributed by atoms with Gasteiger partial charge in [-0.05, 0) is 34.5 Å². The molecule has 1 amide bonds. The molecule has 1 aliphatic rings. The highest BCUT2D eigenvalue weighted by Crippen LogP contribution is 2.39. The van der Waals surface area contributed by atoms with Crippen LogP contribution < -0.4 is 10.1 Å². The summed E-state index contributed by atoms with van der Waals surface area (Å²) in [7, 11) is 1.52. The summed E-state index contributed by atoms with van der Waals surface area (Å²) in [4.78, 5) is 11.9. The van der Waals surface area contributed by atoms with Crippen molar-refractivity contribution in [3.8, 4) is 5.75 Å². The average Bonchev–Trinajstić information content (AvgIpc) is 2.72. The second-order valence-electron chi connectivity index (χ2n) is 4.63. The van der Waals surface area contributed by atoms with Crippen LogP contribution in [0.2, 0.25) is 0 Å². The monoisotopic (exact) mass is 333 g/mol. The molecule has 1 fully saturated rings. The summed E-state index contributed by atoms with van der Waals surface area (Å²) in [5.41, 5.74) is 0.527. The highest BCUT2D eigenvalue weighted by Gasteiger charge is 2.42. The Morgan fingerprint density at radius 3 is 2.84 bits per heavy atom. The van der Waals surface area contributed by atoms with Crippen molar-refractivity contribution in [1.29, 1.82) is 0 Å². The van der Waals surface area contributed by atoms with Crippen LogP contribution in [0.4, 0.5) is 14.5 Å². The van der Waals surface area contributed by atoms with Crippen LogP contribution in [0.15, 0.2) is 22.7 Å². The first-order chi connectivity index (χ1) is 8.91. The Hall–Kier alpha value is -1.17. The smallest absolute Gasteiger partial charge is 0.248 e. The molecule has 19 heavy (non-hydrogen) atoms. The Balaban J connectivity index is 2.07. The molecule has 1 aromatic rings. The summed E-state index contributed by atoms with van der Waals surface area (Å²) in [5.74, 6) is -3.12. The predicted molar refractivity (Wildman–Crippen MR) is 71.6 cm³/mol. The van der Waals surface area contributed by atoms with Gasteiger partial charge >= 0.3 is 0 Å². The van der Waals surface area contributed by atoms with E-state index in [1.54, 1.807) is 18.2 Å². The minimum atomic E-state index is -2.71. The minimum Gasteiger partial charge on any atom is -0.497 e. The zero-order valence-electron chi connectivity index (χ0n) is 10.4. The van der Waals surface area contributed by atoms with E-state index in [-0.39, 0.29) is 25.2 Å². The molecule has 1 atom stereocenters. The highest BCUT2D eigenvalue weighted by molar-refractivity contribution is 9.10. The van der Waals surface area contributed by atoms with E-state index in [9.17, 15) is 13.6 Å². The van der Waals surface area contributed by atoms with Gasteiger partial charge in [0.25, 0.3) is 0 Å². The molecule has 0 spiro atoms. The predicted octanol–water partition coefficient (Wildman–Crippen LogP) is 3.83. The maximum Gasteiger partial charge on any atom is 0.248 e. The van der Waals surface area contributed by atoms with Crippen LogP contribution >= 0.6 is 15.9 Å². The van der Waals surface area contributed by atoms with E-state index in [2.05, 4.69) is 21.2 Å². The Bertz CT molecular complexity index is 494. The van der Waals surface area contributed by atoms with E-state index in [0.717, 1.165) is 0 Å². The second kappa shape index (κ2) is 5.45. The van der Waals surface area contributed by atoms with Gasteiger partial charge in [-0.3, -0.25) is 4.79 Å². The van der Waals surface area contributed by atoms with Crippen LogP contribution in [-0.4, -0.2) is 18.9 Å². The number of amides is 1. The van der Waals surface area contributed by atoms with Crippen molar-refractivity contribution in [2.45, 2.75) is 25.2 Å². The molecule has 0 radical (unpaired) electrons. The van der Waals surface area contributed by atoms with E-state index in [1.165, 1.54) is 7.11 Å². The van der Waals surface area contributed by atoms with Crippen LogP contribution in [0.25, 0.3) is 0 Å². The van der Waals surface area contributed by atoms with Crippen molar-refractivity contribution in [3.63, 3.8) is 0 Å². The summed E-state index contributed by atoms with van der Waals surface area (Å²) >= 11 is 3.30. The molecule has 0 heterocycles. The van der Waals surface area contributed by atoms with Gasteiger partial charge in [-0.25, -0.2) is 8.78 Å². The van der Waals surface area contributed by atoms with Gasteiger partial charge in [0, 0.05) is 29.3 Å². The van der Waals surface area contributed by atoms with Gasteiger partial charge in [-0.15, -0.1) is 0 Å². The molecule has 0 saturated heterocycles. The van der Waals surface area contributed by atoms with Gasteiger partial charge in [-0.2, -0.15) is 0 Å². The Morgan fingerprint density at radius 1 is 1.53 bits per heavy atom. The van der Waals surface area contributed by atoms with Gasteiger partial charge < -0.3 is 10.1 Å². The number of rotatable bonds is 3. The summed E-state index contributed by atoms with van der Waals surface area (Å²) in [6, 6.07) is 5.12. The number of carbonyl (C=O) groups is 1. The zero-order chi connectivity index (χ0) is 14.0. The lowest BCUT2D eigenvalue weighted by Gasteiger charge is -2.13. The molecule has 1 unspecified atom stereocenters. The molecular formula is C13H14BrF2NO2. The third-order valence-electron chi connectivity index (χ3n) is 3.21. The number of ether oxygens (including phenoxy) is 1. The molecule has 2 rings (SSSR count). The van der Waals surface area contributed by atoms with E-state index in [0.29, 0.717) is 15.9 Å². The van der Waals surface area contributed by atoms with Crippen LogP contribution in [0.3, 0.4) is 0 Å². The van der Waals surface area contributed by atoms with Gasteiger partial charge in [-0.1, -0.05) is 0 Å². The van der Waals surface area contributed by atoms with Crippen molar-refractivity contribution in [2.24, 2.45) is 5.92 Å². The first-order valence-electron chi connectivity index (χ1n) is 5.93. The molecule has 1 saturated carbocycles. The standard InChI is InChI=1S/C13H14BrF2NO2/c1-19-9-2-3-10(14)11(6-9)17-12(18)8-4-5-13(15,16)7-8/h2-3,6,8H,4-5,7H2,1H3,(H,17,18). The number of alkyl halides is 2. The number of hydrogen-bond acceptors (Lipinski definition) is 2. The Morgan fingerprint density at radius 2 is 2.26 bits per heavy atom. The fourth-order valence-corrected chi connectivity index (χ4v) is 2.48. The van der Waals surface area contributed by atoms with E-state index < -0.39 is 11.8 Å². The van der Waals surface area contributed by atoms with Crippen molar-refractivity contribution in [2.75, 3.05) is 12.4 Å². The first-order valence-corrected chi connectivity index (χ1v) is 6.73. The topological polar surface area (TPSA) is 38.3 Å². The third-order valence-corrected chi connectivity index (χ3v) is 3.90. The van der Waals surface area contributed by atoms with E-state index >= 15 is 0 Å². The molecular weight excluding hydrogens is 320 g/mol. The van der Waals surface area contributed by atoms with Gasteiger partial charge in [0.15, 0.2) is 0 Å². The van der Waals surface area contributed by atoms with Crippen LogP contribution in [0, 0.1) is 5.92 Å². The number of methoxy groups -OCH3 is 1. The first kappa shape index (κ1) is 14.2. The fourth-order valence-electron chi connectivity index (χ4n) is 2.14. The van der Waals surface area contributed by atoms with Crippen molar-refractivity contribution in [1.82, 2.24) is 0 Å². The van der Waals surface area contributed by atoms with Gasteiger partial charge in [0.2, 0.25) is 11.8 Å². The summed E-state index contributed by atoms with van der Waals surface area (Å²) < 4.78 is 31.9. The maximum absolute atomic E-state index is 13.1. The number of hydrogen-bond donors (Lipinski definition) is 1. The van der Waals surface area contributed by atoms with Crippen LogP contribution in [0.5, 0.6) is 5.75 Å². The van der Waals surface area contributed by atoms with Crippen LogP contribution in [0.1, 0.15) is 19.3 Å². The highest BCUT2D eigenvalue weighted by atomic mass is 79.9. The fraction of sp³-hybridized carbons (Fsp3) is 0.462. The van der Waals surface area contributed by atoms with E-state index in [4.69, 9.17) is 4.74 Å². The quantitative estimate of drug-likeness (QED) is 0.912. The number of carbonyl (C=O) groups excluding carboxylic acids is 1. The third kappa shape index (κ3) is 3.43. The summed E-state index contributed by atoms with van der Waals surface area (Å²) in [6.45, 7) is 0. The average molecular weight is 334 g/mol. The van der Waals surface area contributed by atoms with Crippen molar-refractivity contribution >= 4 is 27.5 Å². The van der Waals surface area contributed by atoms with E-state index in [1.807, 2.05) is 0 Å². The lowest BCUT2D eigenvalue weighted by molar-refractivity contribution is -0.120. The molecule has 1 aliphatic carbocycles. The molecule has 0 bridgehead atoms. The number of anilines is 1. The number of benzene rings is 1. The SMILES string of the molecule is COc1ccc(Br)c(NC(=O)C2CCC(F)(F)C2)c1. The maximum atomic E-state index is 13.1. The summed E-state index contributed by atoms with van der Waals surface area (Å²) in [5, 5.41) is 2.67. The van der Waals surface area contributed by atoms with Crippen LogP contribution in [-0.2, 0) is 4.79 Å². The second-order valence-corrected chi connectivity index (χ2v) is 5.49. The largest absolute Gasteiger partial charge is 0.497 e. The lowest BCUT2D eigenvalue weighted by Crippen LogP contribution is -2.22. The summed E-state index contributed by atoms with van der Waals surface area (Å²) in [6.07, 6.45) is -0.370. The molecule has 3 nitrogen and oxygen atoms in total. The Kier molecular flexibility index (Phi) is 4.08. The van der Waals surface area contributed by atoms with Gasteiger partial charge in [0.1, 0.15) is 5.75 Å².